The smallest absolute Gasteiger partial charge is 0.152 e. The zero-order valence-corrected chi connectivity index (χ0v) is 27.7. The number of aliphatic hydroxyl groups is 1. The summed E-state index contributed by atoms with van der Waals surface area (Å²) in [5.74, 6) is 4.41. The highest BCUT2D eigenvalue weighted by atomic mass is 32.2. The summed E-state index contributed by atoms with van der Waals surface area (Å²) in [4.78, 5) is 2.35. The monoisotopic (exact) mass is 586 g/mol. The molecular weight excluding hydrogens is 528 g/mol. The predicted molar refractivity (Wildman–Crippen MR) is 168 cm³/mol. The largest absolute Gasteiger partial charge is 0.512 e. The lowest BCUT2D eigenvalue weighted by Crippen LogP contribution is -2.68. The first-order valence-electron chi connectivity index (χ1n) is 16.8. The van der Waals surface area contributed by atoms with Gasteiger partial charge in [-0.1, -0.05) is 46.8 Å². The third-order valence-corrected chi connectivity index (χ3v) is 16.6. The van der Waals surface area contributed by atoms with Crippen LogP contribution in [0.3, 0.4) is 0 Å². The van der Waals surface area contributed by atoms with Gasteiger partial charge >= 0.3 is 0 Å². The summed E-state index contributed by atoms with van der Waals surface area (Å²) < 4.78 is 23.9. The molecular formula is C35H58N2O3S. The summed E-state index contributed by atoms with van der Waals surface area (Å²) in [5.41, 5.74) is 2.29. The van der Waals surface area contributed by atoms with E-state index in [-0.39, 0.29) is 16.4 Å². The van der Waals surface area contributed by atoms with Gasteiger partial charge in [0.2, 0.25) is 0 Å². The van der Waals surface area contributed by atoms with E-state index in [1.807, 2.05) is 0 Å². The summed E-state index contributed by atoms with van der Waals surface area (Å²) in [6.45, 7) is 22.6. The van der Waals surface area contributed by atoms with E-state index in [0.29, 0.717) is 70.8 Å². The van der Waals surface area contributed by atoms with Crippen molar-refractivity contribution in [1.82, 2.24) is 10.2 Å². The average molecular weight is 587 g/mol. The van der Waals surface area contributed by atoms with Crippen molar-refractivity contribution in [3.8, 4) is 0 Å². The zero-order valence-electron chi connectivity index (χ0n) is 26.9. The Morgan fingerprint density at radius 3 is 2.37 bits per heavy atom. The number of rotatable bonds is 5. The van der Waals surface area contributed by atoms with Gasteiger partial charge in [0, 0.05) is 37.1 Å². The van der Waals surface area contributed by atoms with Gasteiger partial charge in [-0.25, -0.2) is 8.42 Å². The normalized spacial score (nSPS) is 48.7. The molecule has 9 atom stereocenters. The molecule has 5 aliphatic carbocycles. The number of hydrogen-bond acceptors (Lipinski definition) is 5. The Labute approximate surface area is 250 Å². The molecule has 0 radical (unpaired) electrons. The van der Waals surface area contributed by atoms with Gasteiger partial charge in [0.05, 0.1) is 17.3 Å². The molecule has 0 aromatic rings. The molecule has 4 saturated carbocycles. The fourth-order valence-electron chi connectivity index (χ4n) is 12.5. The number of nitrogens with zero attached hydrogens (tertiary/aromatic N) is 1. The van der Waals surface area contributed by atoms with Crippen molar-refractivity contribution >= 4 is 9.84 Å². The van der Waals surface area contributed by atoms with E-state index in [4.69, 9.17) is 0 Å². The minimum absolute atomic E-state index is 0.132. The topological polar surface area (TPSA) is 69.6 Å². The molecule has 0 unspecified atom stereocenters. The molecule has 1 heterocycles. The molecule has 0 spiro atoms. The van der Waals surface area contributed by atoms with E-state index < -0.39 is 9.84 Å². The number of nitrogens with one attached hydrogen (secondary N) is 1. The predicted octanol–water partition coefficient (Wildman–Crippen LogP) is 6.77. The maximum atomic E-state index is 11.9. The van der Waals surface area contributed by atoms with Gasteiger partial charge in [-0.05, 0) is 117 Å². The van der Waals surface area contributed by atoms with Crippen molar-refractivity contribution in [1.29, 1.82) is 0 Å². The van der Waals surface area contributed by atoms with E-state index in [0.717, 1.165) is 19.5 Å². The van der Waals surface area contributed by atoms with E-state index in [2.05, 4.69) is 64.4 Å². The second-order valence-corrected chi connectivity index (χ2v) is 19.1. The molecule has 6 rings (SSSR count). The quantitative estimate of drug-likeness (QED) is 0.348. The van der Waals surface area contributed by atoms with Crippen LogP contribution < -0.4 is 5.32 Å². The molecule has 1 saturated heterocycles. The summed E-state index contributed by atoms with van der Waals surface area (Å²) >= 11 is 0. The van der Waals surface area contributed by atoms with E-state index in [1.165, 1.54) is 56.9 Å². The van der Waals surface area contributed by atoms with Crippen LogP contribution in [-0.4, -0.2) is 61.6 Å². The molecule has 5 nitrogen and oxygen atoms in total. The lowest BCUT2D eigenvalue weighted by atomic mass is 9.33. The fourth-order valence-corrected chi connectivity index (χ4v) is 13.8. The molecule has 232 valence electrons. The van der Waals surface area contributed by atoms with Crippen molar-refractivity contribution in [3.05, 3.63) is 24.0 Å². The van der Waals surface area contributed by atoms with Crippen molar-refractivity contribution < 1.29 is 13.5 Å². The van der Waals surface area contributed by atoms with Crippen LogP contribution in [0.25, 0.3) is 0 Å². The van der Waals surface area contributed by atoms with Crippen LogP contribution in [0.4, 0.5) is 0 Å². The van der Waals surface area contributed by atoms with Crippen LogP contribution in [0.5, 0.6) is 0 Å². The summed E-state index contributed by atoms with van der Waals surface area (Å²) in [6, 6.07) is 0. The van der Waals surface area contributed by atoms with Crippen LogP contribution >= 0.6 is 0 Å². The van der Waals surface area contributed by atoms with Crippen LogP contribution in [0.1, 0.15) is 99.3 Å². The molecule has 0 aromatic heterocycles. The van der Waals surface area contributed by atoms with E-state index in [1.54, 1.807) is 0 Å². The van der Waals surface area contributed by atoms with Crippen LogP contribution in [0.15, 0.2) is 24.0 Å². The number of hydrogen-bond donors (Lipinski definition) is 2. The third-order valence-electron chi connectivity index (χ3n) is 14.9. The first-order valence-corrected chi connectivity index (χ1v) is 18.6. The van der Waals surface area contributed by atoms with Crippen molar-refractivity contribution in [3.63, 3.8) is 0 Å². The highest BCUT2D eigenvalue weighted by Gasteiger charge is 2.70. The fraction of sp³-hybridized carbons (Fsp3) is 0.886. The highest BCUT2D eigenvalue weighted by Crippen LogP contribution is 2.76. The Morgan fingerprint density at radius 1 is 0.976 bits per heavy atom. The molecule has 0 aromatic carbocycles. The van der Waals surface area contributed by atoms with Gasteiger partial charge in [-0.3, -0.25) is 0 Å². The minimum atomic E-state index is -2.84. The lowest BCUT2D eigenvalue weighted by Gasteiger charge is -2.72. The van der Waals surface area contributed by atoms with Gasteiger partial charge in [-0.15, -0.1) is 0 Å². The number of fused-ring (bicyclic) bond motifs is 7. The Balaban J connectivity index is 1.26. The molecule has 5 fully saturated rings. The average Bonchev–Trinajstić information content (AvgIpc) is 3.28. The van der Waals surface area contributed by atoms with Crippen LogP contribution in [-0.2, 0) is 9.84 Å². The first-order chi connectivity index (χ1) is 19.1. The van der Waals surface area contributed by atoms with Gasteiger partial charge < -0.3 is 15.3 Å². The number of allylic oxidation sites excluding steroid dienone is 3. The van der Waals surface area contributed by atoms with Gasteiger partial charge in [0.15, 0.2) is 9.84 Å². The molecule has 0 amide bonds. The molecule has 2 N–H and O–H groups in total. The maximum absolute atomic E-state index is 11.9. The SMILES string of the molecule is C=C(C)[C@@H]1CC[C@]2(NCCN3CCS(=O)(=O)CC3)CC[C@]3(C)[C@H](CC[C@@H]4[C@@]5(C)CC=C(O)C(C)(C)[C@@H]5CC[C@]43C)[C@@H]12. The van der Waals surface area contributed by atoms with Crippen molar-refractivity contribution in [2.24, 2.45) is 51.2 Å². The summed E-state index contributed by atoms with van der Waals surface area (Å²) in [5, 5.41) is 15.1. The molecule has 1 aliphatic heterocycles. The Hall–Kier alpha value is -0.850. The van der Waals surface area contributed by atoms with Crippen molar-refractivity contribution in [2.75, 3.05) is 37.7 Å². The Bertz CT molecular complexity index is 1200. The summed E-state index contributed by atoms with van der Waals surface area (Å²) in [6.07, 6.45) is 13.4. The highest BCUT2D eigenvalue weighted by molar-refractivity contribution is 7.91. The van der Waals surface area contributed by atoms with Crippen LogP contribution in [0, 0.1) is 51.2 Å². The van der Waals surface area contributed by atoms with E-state index in [9.17, 15) is 13.5 Å². The molecule has 0 bridgehead atoms. The lowest BCUT2D eigenvalue weighted by molar-refractivity contribution is -0.223. The number of aliphatic hydroxyl groups excluding tert-OH is 1. The standard InChI is InChI=1S/C35H58N2O3S/c1-24(2)25-10-15-35(36-18-19-37-20-22-41(39,40)23-21-37)17-16-33(6)26(30(25)35)8-9-28-32(5)13-12-29(38)31(3,4)27(32)11-14-34(28,33)7/h12,25-28,30,36,38H,1,8-11,13-23H2,2-7H3/t25-,26+,27-,28+,30+,32-,33+,34+,35-/m0/s1. The second-order valence-electron chi connectivity index (χ2n) is 16.8. The second kappa shape index (κ2) is 9.83. The van der Waals surface area contributed by atoms with Gasteiger partial charge in [-0.2, -0.15) is 0 Å². The maximum Gasteiger partial charge on any atom is 0.152 e. The molecule has 6 heteroatoms. The van der Waals surface area contributed by atoms with Crippen LogP contribution in [0.2, 0.25) is 0 Å². The zero-order chi connectivity index (χ0) is 29.6. The number of sulfone groups is 1. The van der Waals surface area contributed by atoms with Gasteiger partial charge in [0.25, 0.3) is 0 Å². The Kier molecular flexibility index (Phi) is 7.23. The summed E-state index contributed by atoms with van der Waals surface area (Å²) in [7, 11) is -2.84. The van der Waals surface area contributed by atoms with E-state index >= 15 is 0 Å². The first kappa shape index (κ1) is 30.2. The molecule has 6 aliphatic rings. The molecule has 41 heavy (non-hydrogen) atoms. The third kappa shape index (κ3) is 4.37. The Morgan fingerprint density at radius 2 is 1.68 bits per heavy atom. The van der Waals surface area contributed by atoms with Gasteiger partial charge in [0.1, 0.15) is 0 Å². The minimum Gasteiger partial charge on any atom is -0.512 e. The van der Waals surface area contributed by atoms with Crippen molar-refractivity contribution in [2.45, 2.75) is 105 Å².